The predicted molar refractivity (Wildman–Crippen MR) is 147 cm³/mol. The Hall–Kier alpha value is -1.88. The molecule has 0 aromatic carbocycles. The van der Waals surface area contributed by atoms with E-state index in [9.17, 15) is 19.5 Å². The highest BCUT2D eigenvalue weighted by Crippen LogP contribution is 2.65. The monoisotopic (exact) mass is 546 g/mol. The zero-order valence-corrected chi connectivity index (χ0v) is 23.5. The van der Waals surface area contributed by atoms with Crippen molar-refractivity contribution in [2.75, 3.05) is 72.2 Å². The molecule has 38 heavy (non-hydrogen) atoms. The average molecular weight is 547 g/mol. The van der Waals surface area contributed by atoms with Crippen LogP contribution in [0.15, 0.2) is 24.3 Å². The molecular formula is C28H42N4O5S. The molecule has 3 amide bonds. The van der Waals surface area contributed by atoms with Gasteiger partial charge in [-0.2, -0.15) is 0 Å². The van der Waals surface area contributed by atoms with Gasteiger partial charge < -0.3 is 24.5 Å². The van der Waals surface area contributed by atoms with Crippen LogP contribution in [-0.2, 0) is 19.1 Å². The Balaban J connectivity index is 1.49. The van der Waals surface area contributed by atoms with E-state index in [0.29, 0.717) is 58.8 Å². The molecule has 0 aromatic heterocycles. The minimum Gasteiger partial charge on any atom is -0.396 e. The van der Waals surface area contributed by atoms with E-state index in [0.717, 1.165) is 26.1 Å². The van der Waals surface area contributed by atoms with Gasteiger partial charge in [-0.15, -0.1) is 11.8 Å². The van der Waals surface area contributed by atoms with Crippen LogP contribution in [0.4, 0.5) is 0 Å². The second-order valence-electron chi connectivity index (χ2n) is 11.3. The number of hydrogen-bond donors (Lipinski definition) is 1. The van der Waals surface area contributed by atoms with Gasteiger partial charge in [-0.05, 0) is 26.2 Å². The second kappa shape index (κ2) is 11.3. The smallest absolute Gasteiger partial charge is 0.247 e. The van der Waals surface area contributed by atoms with Gasteiger partial charge in [-0.25, -0.2) is 0 Å². The molecule has 3 fully saturated rings. The molecule has 0 aliphatic carbocycles. The quantitative estimate of drug-likeness (QED) is 0.341. The molecular weight excluding hydrogens is 504 g/mol. The fourth-order valence-electron chi connectivity index (χ4n) is 7.01. The Labute approximate surface area is 230 Å². The molecule has 210 valence electrons. The molecule has 5 heterocycles. The van der Waals surface area contributed by atoms with Crippen LogP contribution in [0.25, 0.3) is 0 Å². The summed E-state index contributed by atoms with van der Waals surface area (Å²) in [4.78, 5) is 50.4. The molecule has 5 atom stereocenters. The topological polar surface area (TPSA) is 93.6 Å². The van der Waals surface area contributed by atoms with Gasteiger partial charge in [0, 0.05) is 63.7 Å². The van der Waals surface area contributed by atoms with Gasteiger partial charge in [0.2, 0.25) is 17.7 Å². The number of ether oxygens (including phenoxy) is 1. The first-order valence-corrected chi connectivity index (χ1v) is 15.0. The van der Waals surface area contributed by atoms with E-state index in [1.165, 1.54) is 0 Å². The van der Waals surface area contributed by atoms with E-state index in [1.54, 1.807) is 16.7 Å². The summed E-state index contributed by atoms with van der Waals surface area (Å²) in [5.41, 5.74) is 0. The van der Waals surface area contributed by atoms with Gasteiger partial charge in [0.05, 0.1) is 29.8 Å². The zero-order chi connectivity index (χ0) is 26.9. The lowest BCUT2D eigenvalue weighted by Crippen LogP contribution is -2.54. The van der Waals surface area contributed by atoms with Gasteiger partial charge in [0.25, 0.3) is 0 Å². The van der Waals surface area contributed by atoms with Crippen LogP contribution in [0.2, 0.25) is 0 Å². The molecule has 10 heteroatoms. The van der Waals surface area contributed by atoms with E-state index in [1.807, 2.05) is 15.9 Å². The van der Waals surface area contributed by atoms with Gasteiger partial charge in [-0.1, -0.05) is 31.2 Å². The molecule has 1 unspecified atom stereocenters. The Morgan fingerprint density at radius 1 is 0.921 bits per heavy atom. The molecule has 0 radical (unpaired) electrons. The van der Waals surface area contributed by atoms with Crippen LogP contribution in [0.5, 0.6) is 0 Å². The third kappa shape index (κ3) is 4.71. The molecule has 0 aromatic rings. The molecule has 5 aliphatic rings. The summed E-state index contributed by atoms with van der Waals surface area (Å²) in [7, 11) is 0. The summed E-state index contributed by atoms with van der Waals surface area (Å²) in [6.45, 7) is 10.8. The number of amides is 3. The zero-order valence-electron chi connectivity index (χ0n) is 22.7. The minimum absolute atomic E-state index is 0.0207. The molecule has 5 aliphatic heterocycles. The number of fused-ring (bicyclic) bond motifs is 2. The lowest BCUT2D eigenvalue weighted by Gasteiger charge is -2.37. The van der Waals surface area contributed by atoms with Gasteiger partial charge in [0.15, 0.2) is 0 Å². The lowest BCUT2D eigenvalue weighted by molar-refractivity contribution is -0.145. The highest BCUT2D eigenvalue weighted by Gasteiger charge is 2.73. The number of morpholine rings is 1. The maximum Gasteiger partial charge on any atom is 0.247 e. The highest BCUT2D eigenvalue weighted by atomic mass is 32.2. The SMILES string of the molecule is CCCN1CC=C[C@@]2(C)S[C@]34C=CCN(CCN5CCOCC5)C(=O)C3N(CCCCO)C(=O)[C@@H]4[C@H]2C1=O. The number of nitrogens with zero attached hydrogens (tertiary/aromatic N) is 4. The summed E-state index contributed by atoms with van der Waals surface area (Å²) in [5.74, 6) is -1.22. The first kappa shape index (κ1) is 27.7. The van der Waals surface area contributed by atoms with E-state index in [4.69, 9.17) is 4.74 Å². The van der Waals surface area contributed by atoms with Crippen LogP contribution in [0.1, 0.15) is 33.1 Å². The van der Waals surface area contributed by atoms with Crippen molar-refractivity contribution in [2.24, 2.45) is 11.8 Å². The molecule has 3 saturated heterocycles. The molecule has 0 bridgehead atoms. The van der Waals surface area contributed by atoms with Crippen molar-refractivity contribution in [2.45, 2.75) is 48.6 Å². The largest absolute Gasteiger partial charge is 0.396 e. The number of rotatable bonds is 9. The summed E-state index contributed by atoms with van der Waals surface area (Å²) < 4.78 is 4.11. The molecule has 1 N–H and O–H groups in total. The van der Waals surface area contributed by atoms with Crippen molar-refractivity contribution in [3.8, 4) is 0 Å². The Kier molecular flexibility index (Phi) is 8.24. The van der Waals surface area contributed by atoms with Crippen molar-refractivity contribution in [1.29, 1.82) is 0 Å². The molecule has 9 nitrogen and oxygen atoms in total. The van der Waals surface area contributed by atoms with Gasteiger partial charge in [-0.3, -0.25) is 19.3 Å². The highest BCUT2D eigenvalue weighted by molar-refractivity contribution is 8.02. The number of thioether (sulfide) groups is 1. The number of carbonyl (C=O) groups excluding carboxylic acids is 3. The number of unbranched alkanes of at least 4 members (excludes halogenated alkanes) is 1. The maximum absolute atomic E-state index is 14.3. The molecule has 5 rings (SSSR count). The van der Waals surface area contributed by atoms with Crippen LogP contribution < -0.4 is 0 Å². The van der Waals surface area contributed by atoms with E-state index >= 15 is 0 Å². The average Bonchev–Trinajstić information content (AvgIpc) is 3.17. The van der Waals surface area contributed by atoms with Crippen molar-refractivity contribution in [3.63, 3.8) is 0 Å². The third-order valence-electron chi connectivity index (χ3n) is 8.81. The van der Waals surface area contributed by atoms with Crippen molar-refractivity contribution in [1.82, 2.24) is 19.6 Å². The van der Waals surface area contributed by atoms with Crippen LogP contribution >= 0.6 is 11.8 Å². The minimum atomic E-state index is -0.796. The van der Waals surface area contributed by atoms with Gasteiger partial charge in [0.1, 0.15) is 6.04 Å². The maximum atomic E-state index is 14.3. The number of carbonyl (C=O) groups is 3. The Bertz CT molecular complexity index is 984. The summed E-state index contributed by atoms with van der Waals surface area (Å²) >= 11 is 1.64. The van der Waals surface area contributed by atoms with E-state index in [2.05, 4.69) is 37.0 Å². The fraction of sp³-hybridized carbons (Fsp3) is 0.750. The number of aliphatic hydroxyl groups excluding tert-OH is 1. The van der Waals surface area contributed by atoms with Crippen molar-refractivity contribution in [3.05, 3.63) is 24.3 Å². The van der Waals surface area contributed by atoms with Crippen LogP contribution in [0.3, 0.4) is 0 Å². The van der Waals surface area contributed by atoms with E-state index < -0.39 is 27.4 Å². The van der Waals surface area contributed by atoms with Crippen LogP contribution in [-0.4, -0.2) is 130 Å². The van der Waals surface area contributed by atoms with Crippen molar-refractivity contribution < 1.29 is 24.2 Å². The lowest BCUT2D eigenvalue weighted by atomic mass is 9.74. The number of aliphatic hydroxyl groups is 1. The molecule has 1 spiro atoms. The second-order valence-corrected chi connectivity index (χ2v) is 13.1. The van der Waals surface area contributed by atoms with Crippen LogP contribution in [0, 0.1) is 11.8 Å². The first-order valence-electron chi connectivity index (χ1n) is 14.2. The summed E-state index contributed by atoms with van der Waals surface area (Å²) in [6, 6.07) is -0.656. The van der Waals surface area contributed by atoms with Crippen molar-refractivity contribution >= 4 is 29.5 Å². The Morgan fingerprint density at radius 2 is 1.63 bits per heavy atom. The third-order valence-corrected chi connectivity index (χ3v) is 10.6. The fourth-order valence-corrected chi connectivity index (χ4v) is 9.17. The normalized spacial score (nSPS) is 35.4. The Morgan fingerprint density at radius 3 is 2.34 bits per heavy atom. The predicted octanol–water partition coefficient (Wildman–Crippen LogP) is 0.985. The molecule has 0 saturated carbocycles. The summed E-state index contributed by atoms with van der Waals surface area (Å²) in [6.07, 6.45) is 10.4. The number of hydrogen-bond acceptors (Lipinski definition) is 7. The van der Waals surface area contributed by atoms with Gasteiger partial charge >= 0.3 is 0 Å². The van der Waals surface area contributed by atoms with E-state index in [-0.39, 0.29) is 24.3 Å². The first-order chi connectivity index (χ1) is 18.4. The standard InChI is InChI=1S/C28H42N4O5S/c1-3-10-30-11-6-8-27(2)21(24(30)34)22-25(35)32(13-4-5-18-33)23-26(36)31(12-7-9-28(22,23)38-27)15-14-29-16-19-37-20-17-29/h6-9,21-23,33H,3-5,10-20H2,1-2H3/t21-,22-,23?,27+,28-/m0/s1. The summed E-state index contributed by atoms with van der Waals surface area (Å²) in [5, 5.41) is 9.40. The number of likely N-dealkylation sites (tertiary alicyclic amines) is 1.